The van der Waals surface area contributed by atoms with Gasteiger partial charge >= 0.3 is 0 Å². The van der Waals surface area contributed by atoms with E-state index in [9.17, 15) is 0 Å². The maximum absolute atomic E-state index is 9.06. The van der Waals surface area contributed by atoms with Crippen LogP contribution in [0.1, 0.15) is 45.1 Å². The molecule has 1 aliphatic rings. The molecule has 2 N–H and O–H groups in total. The molecule has 1 fully saturated rings. The van der Waals surface area contributed by atoms with E-state index < -0.39 is 0 Å². The van der Waals surface area contributed by atoms with Crippen LogP contribution in [-0.4, -0.2) is 13.1 Å². The summed E-state index contributed by atoms with van der Waals surface area (Å²) in [6, 6.07) is 8.38. The lowest BCUT2D eigenvalue weighted by atomic mass is 9.75. The summed E-state index contributed by atoms with van der Waals surface area (Å²) in [7, 11) is 2.09. The minimum atomic E-state index is 0.470. The first kappa shape index (κ1) is 13.7. The monoisotopic (exact) mass is 257 g/mol. The Balaban J connectivity index is 2.17. The van der Waals surface area contributed by atoms with Gasteiger partial charge < -0.3 is 10.6 Å². The van der Waals surface area contributed by atoms with Crippen molar-refractivity contribution < 1.29 is 0 Å². The number of rotatable bonds is 2. The first-order chi connectivity index (χ1) is 8.94. The van der Waals surface area contributed by atoms with E-state index in [1.54, 1.807) is 6.07 Å². The third kappa shape index (κ3) is 2.84. The van der Waals surface area contributed by atoms with Gasteiger partial charge in [0, 0.05) is 13.1 Å². The van der Waals surface area contributed by atoms with Crippen LogP contribution in [0.4, 0.5) is 11.4 Å². The molecule has 0 amide bonds. The van der Waals surface area contributed by atoms with Crippen LogP contribution in [0.5, 0.6) is 0 Å². The number of anilines is 2. The van der Waals surface area contributed by atoms with Gasteiger partial charge in [0.2, 0.25) is 0 Å². The highest BCUT2D eigenvalue weighted by atomic mass is 15.1. The van der Waals surface area contributed by atoms with Gasteiger partial charge in [0.15, 0.2) is 0 Å². The van der Waals surface area contributed by atoms with Gasteiger partial charge in [0.25, 0.3) is 0 Å². The van der Waals surface area contributed by atoms with Crippen LogP contribution in [0, 0.1) is 16.7 Å². The van der Waals surface area contributed by atoms with Gasteiger partial charge in [-0.05, 0) is 43.2 Å². The highest BCUT2D eigenvalue weighted by Gasteiger charge is 2.29. The molecule has 0 bridgehead atoms. The van der Waals surface area contributed by atoms with Crippen molar-refractivity contribution >= 4 is 11.4 Å². The van der Waals surface area contributed by atoms with Crippen molar-refractivity contribution in [1.82, 2.24) is 0 Å². The Morgan fingerprint density at radius 2 is 1.95 bits per heavy atom. The molecular weight excluding hydrogens is 234 g/mol. The Morgan fingerprint density at radius 3 is 2.53 bits per heavy atom. The van der Waals surface area contributed by atoms with E-state index in [2.05, 4.69) is 31.9 Å². The number of benzene rings is 1. The second-order valence-corrected chi connectivity index (χ2v) is 6.36. The van der Waals surface area contributed by atoms with Crippen LogP contribution in [0.15, 0.2) is 18.2 Å². The normalized spacial score (nSPS) is 18.8. The van der Waals surface area contributed by atoms with Crippen LogP contribution in [0.3, 0.4) is 0 Å². The maximum atomic E-state index is 9.06. The lowest BCUT2D eigenvalue weighted by Gasteiger charge is -2.40. The predicted octanol–water partition coefficient (Wildman–Crippen LogP) is 3.55. The number of hydrogen-bond donors (Lipinski definition) is 1. The topological polar surface area (TPSA) is 53.0 Å². The van der Waals surface area contributed by atoms with Gasteiger partial charge in [0.1, 0.15) is 6.07 Å². The number of nitriles is 1. The Kier molecular flexibility index (Phi) is 3.71. The van der Waals surface area contributed by atoms with E-state index in [4.69, 9.17) is 11.0 Å². The van der Waals surface area contributed by atoms with Crippen molar-refractivity contribution in [3.63, 3.8) is 0 Å². The Hall–Kier alpha value is -1.69. The van der Waals surface area contributed by atoms with Crippen molar-refractivity contribution in [3.05, 3.63) is 23.8 Å². The zero-order valence-corrected chi connectivity index (χ0v) is 12.1. The molecule has 0 unspecified atom stereocenters. The molecular formula is C16H23N3. The van der Waals surface area contributed by atoms with E-state index in [0.717, 1.165) is 5.69 Å². The number of nitrogens with zero attached hydrogens (tertiary/aromatic N) is 2. The molecule has 0 atom stereocenters. The largest absolute Gasteiger partial charge is 0.396 e. The minimum absolute atomic E-state index is 0.470. The summed E-state index contributed by atoms with van der Waals surface area (Å²) in [5.41, 5.74) is 8.73. The van der Waals surface area contributed by atoms with E-state index in [0.29, 0.717) is 22.7 Å². The average Bonchev–Trinajstić information content (AvgIpc) is 2.38. The Morgan fingerprint density at radius 1 is 1.32 bits per heavy atom. The summed E-state index contributed by atoms with van der Waals surface area (Å²) in [5.74, 6) is 0. The van der Waals surface area contributed by atoms with Crippen LogP contribution >= 0.6 is 0 Å². The molecule has 3 heteroatoms. The Bertz CT molecular complexity index is 489. The maximum Gasteiger partial charge on any atom is 0.101 e. The molecule has 3 nitrogen and oxygen atoms in total. The molecule has 0 spiro atoms. The number of para-hydroxylation sites is 1. The number of nitrogens with two attached hydrogens (primary N) is 1. The second-order valence-electron chi connectivity index (χ2n) is 6.36. The number of hydrogen-bond acceptors (Lipinski definition) is 3. The molecule has 102 valence electrons. The van der Waals surface area contributed by atoms with Crippen LogP contribution in [0.2, 0.25) is 0 Å². The summed E-state index contributed by atoms with van der Waals surface area (Å²) in [5, 5.41) is 9.06. The van der Waals surface area contributed by atoms with Crippen LogP contribution in [-0.2, 0) is 0 Å². The highest BCUT2D eigenvalue weighted by Crippen LogP contribution is 2.38. The Labute approximate surface area is 116 Å². The quantitative estimate of drug-likeness (QED) is 0.824. The van der Waals surface area contributed by atoms with Gasteiger partial charge in [0.05, 0.1) is 16.9 Å². The zero-order valence-electron chi connectivity index (χ0n) is 12.1. The van der Waals surface area contributed by atoms with Crippen molar-refractivity contribution in [1.29, 1.82) is 5.26 Å². The molecule has 0 aliphatic heterocycles. The van der Waals surface area contributed by atoms with Crippen molar-refractivity contribution in [3.8, 4) is 6.07 Å². The summed E-state index contributed by atoms with van der Waals surface area (Å²) in [6.07, 6.45) is 4.89. The summed E-state index contributed by atoms with van der Waals surface area (Å²) < 4.78 is 0. The summed E-state index contributed by atoms with van der Waals surface area (Å²) in [6.45, 7) is 4.68. The molecule has 0 heterocycles. The molecule has 1 saturated carbocycles. The first-order valence-corrected chi connectivity index (χ1v) is 6.96. The third-order valence-corrected chi connectivity index (χ3v) is 4.44. The molecule has 0 aromatic heterocycles. The smallest absolute Gasteiger partial charge is 0.101 e. The summed E-state index contributed by atoms with van der Waals surface area (Å²) >= 11 is 0. The van der Waals surface area contributed by atoms with Crippen molar-refractivity contribution in [2.75, 3.05) is 17.7 Å². The van der Waals surface area contributed by atoms with E-state index in [1.807, 2.05) is 12.1 Å². The average molecular weight is 257 g/mol. The van der Waals surface area contributed by atoms with Crippen LogP contribution in [0.25, 0.3) is 0 Å². The SMILES string of the molecule is CN(c1cccc(C#N)c1N)C1CCC(C)(C)CC1. The van der Waals surface area contributed by atoms with Crippen molar-refractivity contribution in [2.24, 2.45) is 5.41 Å². The summed E-state index contributed by atoms with van der Waals surface area (Å²) in [4.78, 5) is 2.26. The second kappa shape index (κ2) is 5.13. The molecule has 1 aromatic carbocycles. The van der Waals surface area contributed by atoms with Gasteiger partial charge in [-0.25, -0.2) is 0 Å². The molecule has 2 rings (SSSR count). The fourth-order valence-electron chi connectivity index (χ4n) is 2.93. The van der Waals surface area contributed by atoms with E-state index in [-0.39, 0.29) is 0 Å². The van der Waals surface area contributed by atoms with Crippen molar-refractivity contribution in [2.45, 2.75) is 45.6 Å². The standard InChI is InChI=1S/C16H23N3/c1-16(2)9-7-13(8-10-16)19(3)14-6-4-5-12(11-17)15(14)18/h4-6,13H,7-10,18H2,1-3H3. The number of nitrogen functional groups attached to an aromatic ring is 1. The van der Waals surface area contributed by atoms with Crippen LogP contribution < -0.4 is 10.6 Å². The fourth-order valence-corrected chi connectivity index (χ4v) is 2.93. The van der Waals surface area contributed by atoms with Gasteiger partial charge in [-0.15, -0.1) is 0 Å². The van der Waals surface area contributed by atoms with Gasteiger partial charge in [-0.1, -0.05) is 19.9 Å². The lowest BCUT2D eigenvalue weighted by molar-refractivity contribution is 0.222. The molecule has 0 saturated heterocycles. The fraction of sp³-hybridized carbons (Fsp3) is 0.562. The predicted molar refractivity (Wildman–Crippen MR) is 80.0 cm³/mol. The van der Waals surface area contributed by atoms with E-state index in [1.165, 1.54) is 25.7 Å². The minimum Gasteiger partial charge on any atom is -0.396 e. The van der Waals surface area contributed by atoms with E-state index >= 15 is 0 Å². The third-order valence-electron chi connectivity index (χ3n) is 4.44. The first-order valence-electron chi connectivity index (χ1n) is 6.96. The molecule has 0 radical (unpaired) electrons. The van der Waals surface area contributed by atoms with Gasteiger partial charge in [-0.3, -0.25) is 0 Å². The molecule has 1 aromatic rings. The highest BCUT2D eigenvalue weighted by molar-refractivity contribution is 5.74. The molecule has 19 heavy (non-hydrogen) atoms. The lowest BCUT2D eigenvalue weighted by Crippen LogP contribution is -2.37. The zero-order chi connectivity index (χ0) is 14.0. The molecule has 1 aliphatic carbocycles. The van der Waals surface area contributed by atoms with Gasteiger partial charge in [-0.2, -0.15) is 5.26 Å².